The molecule has 0 heterocycles. The number of halogens is 2. The van der Waals surface area contributed by atoms with Crippen LogP contribution in [0, 0.1) is 0 Å². The molecule has 3 aromatic carbocycles. The van der Waals surface area contributed by atoms with E-state index in [9.17, 15) is 18.0 Å². The highest BCUT2D eigenvalue weighted by Crippen LogP contribution is 2.27. The summed E-state index contributed by atoms with van der Waals surface area (Å²) < 4.78 is 29.5. The van der Waals surface area contributed by atoms with Crippen molar-refractivity contribution in [2.45, 2.75) is 69.0 Å². The van der Waals surface area contributed by atoms with E-state index in [2.05, 4.69) is 21.2 Å². The van der Waals surface area contributed by atoms with Crippen LogP contribution in [0.3, 0.4) is 0 Å². The van der Waals surface area contributed by atoms with Crippen LogP contribution in [-0.4, -0.2) is 43.8 Å². The van der Waals surface area contributed by atoms with E-state index in [0.717, 1.165) is 42.0 Å². The summed E-state index contributed by atoms with van der Waals surface area (Å²) in [6.07, 6.45) is 5.49. The maximum absolute atomic E-state index is 14.2. The van der Waals surface area contributed by atoms with Crippen LogP contribution in [0.5, 0.6) is 0 Å². The third kappa shape index (κ3) is 8.11. The smallest absolute Gasteiger partial charge is 0.264 e. The van der Waals surface area contributed by atoms with Crippen molar-refractivity contribution in [3.63, 3.8) is 0 Å². The number of benzene rings is 3. The van der Waals surface area contributed by atoms with Gasteiger partial charge in [-0.1, -0.05) is 90.1 Å². The molecular formula is C31H35BrClN3O4S. The molecule has 0 aromatic heterocycles. The van der Waals surface area contributed by atoms with Gasteiger partial charge in [0, 0.05) is 22.1 Å². The van der Waals surface area contributed by atoms with E-state index in [1.54, 1.807) is 66.7 Å². The lowest BCUT2D eigenvalue weighted by molar-refractivity contribution is -0.140. The van der Waals surface area contributed by atoms with E-state index < -0.39 is 28.5 Å². The van der Waals surface area contributed by atoms with Gasteiger partial charge in [-0.05, 0) is 67.3 Å². The molecule has 1 atom stereocenters. The average molecular weight is 661 g/mol. The number of nitrogens with one attached hydrogen (secondary N) is 1. The standard InChI is InChI=1S/C31H35BrClN3O4S/c1-2-29(31(38)34-26-11-5-3-6-12-26)35(21-23-16-18-25(33)19-17-23)30(37)22-36(27-13-9-10-24(32)20-27)41(39,40)28-14-7-4-8-15-28/h4,7-10,13-20,26,29H,2-3,5-6,11-12,21-22H2,1H3,(H,34,38)/t29-/m1/s1. The van der Waals surface area contributed by atoms with Gasteiger partial charge in [-0.25, -0.2) is 8.42 Å². The summed E-state index contributed by atoms with van der Waals surface area (Å²) in [5.41, 5.74) is 1.12. The Bertz CT molecular complexity index is 1430. The average Bonchev–Trinajstić information content (AvgIpc) is 2.97. The van der Waals surface area contributed by atoms with Gasteiger partial charge < -0.3 is 10.2 Å². The van der Waals surface area contributed by atoms with Gasteiger partial charge in [-0.2, -0.15) is 0 Å². The first-order valence-corrected chi connectivity index (χ1v) is 16.5. The first kappa shape index (κ1) is 31.1. The van der Waals surface area contributed by atoms with Crippen molar-refractivity contribution in [3.05, 3.63) is 93.9 Å². The number of hydrogen-bond donors (Lipinski definition) is 1. The van der Waals surface area contributed by atoms with Crippen molar-refractivity contribution in [1.29, 1.82) is 0 Å². The first-order valence-electron chi connectivity index (χ1n) is 13.9. The number of rotatable bonds is 11. The normalized spacial score (nSPS) is 14.7. The SMILES string of the molecule is CC[C@H](C(=O)NC1CCCCC1)N(Cc1ccc(Cl)cc1)C(=O)CN(c1cccc(Br)c1)S(=O)(=O)c1ccccc1. The van der Waals surface area contributed by atoms with Gasteiger partial charge in [0.1, 0.15) is 12.6 Å². The molecule has 218 valence electrons. The Hall–Kier alpha value is -2.88. The largest absolute Gasteiger partial charge is 0.352 e. The van der Waals surface area contributed by atoms with Crippen LogP contribution in [0.15, 0.2) is 88.2 Å². The Morgan fingerprint density at radius 2 is 1.66 bits per heavy atom. The zero-order valence-corrected chi connectivity index (χ0v) is 26.2. The summed E-state index contributed by atoms with van der Waals surface area (Å²) in [7, 11) is -4.11. The molecule has 7 nitrogen and oxygen atoms in total. The molecule has 41 heavy (non-hydrogen) atoms. The van der Waals surface area contributed by atoms with Crippen molar-refractivity contribution in [2.75, 3.05) is 10.8 Å². The predicted octanol–water partition coefficient (Wildman–Crippen LogP) is 6.55. The molecule has 1 aliphatic carbocycles. The van der Waals surface area contributed by atoms with Crippen LogP contribution in [-0.2, 0) is 26.2 Å². The lowest BCUT2D eigenvalue weighted by Crippen LogP contribution is -2.54. The summed E-state index contributed by atoms with van der Waals surface area (Å²) in [5, 5.41) is 3.72. The van der Waals surface area contributed by atoms with Gasteiger partial charge in [0.05, 0.1) is 10.6 Å². The van der Waals surface area contributed by atoms with Crippen LogP contribution >= 0.6 is 27.5 Å². The molecule has 1 fully saturated rings. The molecule has 0 spiro atoms. The minimum atomic E-state index is -4.11. The fourth-order valence-electron chi connectivity index (χ4n) is 5.13. The number of anilines is 1. The summed E-state index contributed by atoms with van der Waals surface area (Å²) >= 11 is 9.51. The molecule has 0 radical (unpaired) electrons. The summed E-state index contributed by atoms with van der Waals surface area (Å²) in [4.78, 5) is 29.3. The number of amides is 2. The van der Waals surface area contributed by atoms with Crippen molar-refractivity contribution in [1.82, 2.24) is 10.2 Å². The third-order valence-electron chi connectivity index (χ3n) is 7.31. The lowest BCUT2D eigenvalue weighted by Gasteiger charge is -2.34. The molecule has 2 amide bonds. The second kappa shape index (κ2) is 14.3. The van der Waals surface area contributed by atoms with Gasteiger partial charge in [0.25, 0.3) is 10.0 Å². The molecule has 1 aliphatic rings. The second-order valence-electron chi connectivity index (χ2n) is 10.2. The molecule has 1 N–H and O–H groups in total. The number of carbonyl (C=O) groups is 2. The van der Waals surface area contributed by atoms with Crippen LogP contribution in [0.2, 0.25) is 5.02 Å². The first-order chi connectivity index (χ1) is 19.7. The topological polar surface area (TPSA) is 86.8 Å². The van der Waals surface area contributed by atoms with Crippen LogP contribution in [0.25, 0.3) is 0 Å². The monoisotopic (exact) mass is 659 g/mol. The maximum atomic E-state index is 14.2. The number of sulfonamides is 1. The Kier molecular flexibility index (Phi) is 10.9. The Morgan fingerprint density at radius 1 is 0.976 bits per heavy atom. The quantitative estimate of drug-likeness (QED) is 0.253. The van der Waals surface area contributed by atoms with Crippen molar-refractivity contribution in [2.24, 2.45) is 0 Å². The molecule has 10 heteroatoms. The summed E-state index contributed by atoms with van der Waals surface area (Å²) in [6, 6.07) is 21.2. The van der Waals surface area contributed by atoms with Gasteiger partial charge in [-0.3, -0.25) is 13.9 Å². The van der Waals surface area contributed by atoms with E-state index in [-0.39, 0.29) is 23.4 Å². The van der Waals surface area contributed by atoms with Crippen LogP contribution in [0.1, 0.15) is 51.0 Å². The van der Waals surface area contributed by atoms with E-state index in [4.69, 9.17) is 11.6 Å². The maximum Gasteiger partial charge on any atom is 0.264 e. The molecular weight excluding hydrogens is 626 g/mol. The zero-order valence-electron chi connectivity index (χ0n) is 23.0. The Labute approximate surface area is 256 Å². The fraction of sp³-hybridized carbons (Fsp3) is 0.355. The van der Waals surface area contributed by atoms with Crippen molar-refractivity contribution < 1.29 is 18.0 Å². The van der Waals surface area contributed by atoms with Crippen molar-refractivity contribution >= 4 is 55.1 Å². The third-order valence-corrected chi connectivity index (χ3v) is 9.84. The molecule has 0 unspecified atom stereocenters. The lowest BCUT2D eigenvalue weighted by atomic mass is 9.95. The van der Waals surface area contributed by atoms with Gasteiger partial charge >= 0.3 is 0 Å². The Balaban J connectivity index is 1.69. The zero-order chi connectivity index (χ0) is 29.4. The minimum Gasteiger partial charge on any atom is -0.352 e. The fourth-order valence-corrected chi connectivity index (χ4v) is 7.07. The van der Waals surface area contributed by atoms with Crippen LogP contribution in [0.4, 0.5) is 5.69 Å². The van der Waals surface area contributed by atoms with Crippen molar-refractivity contribution in [3.8, 4) is 0 Å². The Morgan fingerprint density at radius 3 is 2.29 bits per heavy atom. The van der Waals surface area contributed by atoms with E-state index >= 15 is 0 Å². The summed E-state index contributed by atoms with van der Waals surface area (Å²) in [6.45, 7) is 1.51. The van der Waals surface area contributed by atoms with E-state index in [0.29, 0.717) is 21.6 Å². The van der Waals surface area contributed by atoms with E-state index in [1.165, 1.54) is 17.0 Å². The summed E-state index contributed by atoms with van der Waals surface area (Å²) in [5.74, 6) is -0.702. The molecule has 0 bridgehead atoms. The molecule has 4 rings (SSSR count). The molecule has 3 aromatic rings. The highest BCUT2D eigenvalue weighted by atomic mass is 79.9. The second-order valence-corrected chi connectivity index (χ2v) is 13.4. The molecule has 1 saturated carbocycles. The predicted molar refractivity (Wildman–Crippen MR) is 166 cm³/mol. The van der Waals surface area contributed by atoms with Gasteiger partial charge in [0.2, 0.25) is 11.8 Å². The molecule has 0 aliphatic heterocycles. The van der Waals surface area contributed by atoms with Gasteiger partial charge in [-0.15, -0.1) is 0 Å². The minimum absolute atomic E-state index is 0.0686. The molecule has 0 saturated heterocycles. The number of carbonyl (C=O) groups excluding carboxylic acids is 2. The highest BCUT2D eigenvalue weighted by Gasteiger charge is 2.34. The van der Waals surface area contributed by atoms with Crippen LogP contribution < -0.4 is 9.62 Å². The number of hydrogen-bond acceptors (Lipinski definition) is 4. The van der Waals surface area contributed by atoms with E-state index in [1.807, 2.05) is 6.92 Å². The number of nitrogens with zero attached hydrogens (tertiary/aromatic N) is 2. The van der Waals surface area contributed by atoms with Gasteiger partial charge in [0.15, 0.2) is 0 Å². The highest BCUT2D eigenvalue weighted by molar-refractivity contribution is 9.10.